The Bertz CT molecular complexity index is 2190. The summed E-state index contributed by atoms with van der Waals surface area (Å²) in [5, 5.41) is 3.23. The Kier molecular flexibility index (Phi) is 11.1. The van der Waals surface area contributed by atoms with Crippen LogP contribution in [0.25, 0.3) is 11.4 Å². The third-order valence-corrected chi connectivity index (χ3v) is 9.62. The molecule has 0 bridgehead atoms. The van der Waals surface area contributed by atoms with Gasteiger partial charge in [-0.25, -0.2) is 19.7 Å². The molecule has 4 aromatic rings. The van der Waals surface area contributed by atoms with Gasteiger partial charge in [-0.2, -0.15) is 0 Å². The average molecular weight is 751 g/mol. The molecule has 280 valence electrons. The molecule has 1 fully saturated rings. The Morgan fingerprint density at radius 3 is 2.50 bits per heavy atom. The highest BCUT2D eigenvalue weighted by molar-refractivity contribution is 6.34. The molecule has 2 aromatic heterocycles. The molecule has 2 aliphatic rings. The number of rotatable bonds is 6. The Labute approximate surface area is 319 Å². The maximum absolute atomic E-state index is 13.4. The lowest BCUT2D eigenvalue weighted by atomic mass is 10.1. The smallest absolute Gasteiger partial charge is 0.417 e. The minimum Gasteiger partial charge on any atom is -0.443 e. The molecule has 4 heterocycles. The van der Waals surface area contributed by atoms with Gasteiger partial charge in [0.2, 0.25) is 11.9 Å². The molecular weight excluding hydrogens is 708 g/mol. The highest BCUT2D eigenvalue weighted by Gasteiger charge is 2.35. The summed E-state index contributed by atoms with van der Waals surface area (Å²) in [6, 6.07) is 13.9. The van der Waals surface area contributed by atoms with Gasteiger partial charge in [0.25, 0.3) is 11.8 Å². The summed E-state index contributed by atoms with van der Waals surface area (Å²) in [6.45, 7) is 11.3. The molecule has 0 unspecified atom stereocenters. The van der Waals surface area contributed by atoms with Crippen molar-refractivity contribution in [2.75, 3.05) is 50.3 Å². The number of hydrogen-bond donors (Lipinski definition) is 2. The third kappa shape index (κ3) is 8.56. The predicted molar refractivity (Wildman–Crippen MR) is 206 cm³/mol. The lowest BCUT2D eigenvalue weighted by Gasteiger charge is -2.34. The van der Waals surface area contributed by atoms with E-state index in [1.807, 2.05) is 35.9 Å². The lowest BCUT2D eigenvalue weighted by Crippen LogP contribution is -2.48. The summed E-state index contributed by atoms with van der Waals surface area (Å²) in [6.07, 6.45) is 1.34. The molecule has 0 saturated carbocycles. The highest BCUT2D eigenvalue weighted by atomic mass is 35.5. The van der Waals surface area contributed by atoms with Gasteiger partial charge in [0.05, 0.1) is 33.8 Å². The van der Waals surface area contributed by atoms with Gasteiger partial charge >= 0.3 is 6.09 Å². The van der Waals surface area contributed by atoms with E-state index in [-0.39, 0.29) is 30.7 Å². The first-order valence-corrected chi connectivity index (χ1v) is 18.2. The van der Waals surface area contributed by atoms with Gasteiger partial charge in [-0.15, -0.1) is 0 Å². The van der Waals surface area contributed by atoms with Crippen LogP contribution in [-0.2, 0) is 29.4 Å². The number of imide groups is 1. The number of piperazine rings is 1. The number of halogens is 1. The van der Waals surface area contributed by atoms with Crippen LogP contribution in [-0.4, -0.2) is 97.9 Å². The van der Waals surface area contributed by atoms with Crippen LogP contribution >= 0.6 is 11.6 Å². The number of ether oxygens (including phenoxy) is 1. The zero-order valence-electron chi connectivity index (χ0n) is 31.0. The summed E-state index contributed by atoms with van der Waals surface area (Å²) in [4.78, 5) is 66.4. The minimum atomic E-state index is -0.744. The van der Waals surface area contributed by atoms with Crippen molar-refractivity contribution in [3.05, 3.63) is 93.3 Å². The molecule has 0 aliphatic carbocycles. The monoisotopic (exact) mass is 750 g/mol. The van der Waals surface area contributed by atoms with E-state index in [0.717, 1.165) is 35.8 Å². The average Bonchev–Trinajstić information content (AvgIpc) is 3.47. The Hall–Kier alpha value is -5.71. The van der Waals surface area contributed by atoms with Gasteiger partial charge < -0.3 is 30.2 Å². The van der Waals surface area contributed by atoms with Crippen LogP contribution in [0.5, 0.6) is 0 Å². The number of likely N-dealkylation sites (N-methyl/N-ethyl adjacent to an activating group) is 1. The standard InChI is InChI=1S/C40H43ClN8O5/c1-6-47-16-18-48(19-17-47)36(51)29-22-28(12-13-31(29)41)44-34(50)21-26-9-7-8-25(20-26)10-11-27-24-43-38(42)45-35(27)33-23-30-32(46(33)5)14-15-49(37(30)52)39(53)54-40(2,3)4/h7-9,12-13,20,22-24H,6,14-19,21H2,1-5H3,(H,44,50)(H2,42,43,45). The third-order valence-electron chi connectivity index (χ3n) is 9.29. The summed E-state index contributed by atoms with van der Waals surface area (Å²) in [5.74, 6) is 5.45. The molecule has 1 saturated heterocycles. The maximum atomic E-state index is 13.4. The number of fused-ring (bicyclic) bond motifs is 1. The SMILES string of the molecule is CCN1CCN(C(=O)c2cc(NC(=O)Cc3cccc(C#Cc4cnc(N)nc4-c4cc5c(n4C)CCN(C(=O)OC(C)(C)C)C5=O)c3)ccc2Cl)CC1. The van der Waals surface area contributed by atoms with Gasteiger partial charge in [-0.05, 0) is 69.3 Å². The van der Waals surface area contributed by atoms with Crippen LogP contribution in [0.3, 0.4) is 0 Å². The second-order valence-corrected chi connectivity index (χ2v) is 14.6. The molecular formula is C40H43ClN8O5. The van der Waals surface area contributed by atoms with Crippen molar-refractivity contribution in [3.63, 3.8) is 0 Å². The normalized spacial score (nSPS) is 14.6. The van der Waals surface area contributed by atoms with Gasteiger partial charge in [0.1, 0.15) is 11.3 Å². The number of nitrogens with zero attached hydrogens (tertiary/aromatic N) is 6. The molecule has 14 heteroatoms. The van der Waals surface area contributed by atoms with Crippen LogP contribution in [0.2, 0.25) is 5.02 Å². The van der Waals surface area contributed by atoms with E-state index in [0.29, 0.717) is 63.9 Å². The summed E-state index contributed by atoms with van der Waals surface area (Å²) >= 11 is 6.42. The summed E-state index contributed by atoms with van der Waals surface area (Å²) < 4.78 is 7.31. The number of benzene rings is 2. The van der Waals surface area contributed by atoms with Crippen molar-refractivity contribution >= 4 is 47.1 Å². The van der Waals surface area contributed by atoms with E-state index in [1.165, 1.54) is 6.20 Å². The first-order valence-electron chi connectivity index (χ1n) is 17.8. The molecule has 4 amide bonds. The summed E-state index contributed by atoms with van der Waals surface area (Å²) in [5.41, 5.74) is 10.1. The van der Waals surface area contributed by atoms with Crippen molar-refractivity contribution in [3.8, 4) is 23.2 Å². The second kappa shape index (κ2) is 15.7. The van der Waals surface area contributed by atoms with Gasteiger partial charge in [0.15, 0.2) is 0 Å². The predicted octanol–water partition coefficient (Wildman–Crippen LogP) is 5.01. The molecule has 54 heavy (non-hydrogen) atoms. The fourth-order valence-electron chi connectivity index (χ4n) is 6.49. The van der Waals surface area contributed by atoms with Crippen LogP contribution in [0.1, 0.15) is 70.8 Å². The zero-order valence-corrected chi connectivity index (χ0v) is 31.8. The number of nitrogens with two attached hydrogens (primary N) is 1. The minimum absolute atomic E-state index is 0.0384. The molecule has 0 atom stereocenters. The topological polar surface area (TPSA) is 156 Å². The fraction of sp³-hybridized carbons (Fsp3) is 0.350. The molecule has 0 radical (unpaired) electrons. The van der Waals surface area contributed by atoms with E-state index in [1.54, 1.807) is 49.9 Å². The van der Waals surface area contributed by atoms with E-state index < -0.39 is 17.6 Å². The quantitative estimate of drug-likeness (QED) is 0.259. The number of amides is 4. The van der Waals surface area contributed by atoms with Crippen LogP contribution in [0.4, 0.5) is 16.4 Å². The molecule has 3 N–H and O–H groups in total. The number of aromatic nitrogens is 3. The number of carbonyl (C=O) groups excluding carboxylic acids is 4. The lowest BCUT2D eigenvalue weighted by molar-refractivity contribution is -0.115. The second-order valence-electron chi connectivity index (χ2n) is 14.2. The molecule has 0 spiro atoms. The van der Waals surface area contributed by atoms with Crippen molar-refractivity contribution in [1.29, 1.82) is 0 Å². The molecule has 6 rings (SSSR count). The van der Waals surface area contributed by atoms with E-state index in [2.05, 4.69) is 38.9 Å². The van der Waals surface area contributed by atoms with E-state index >= 15 is 0 Å². The fourth-order valence-corrected chi connectivity index (χ4v) is 6.69. The van der Waals surface area contributed by atoms with Crippen LogP contribution in [0.15, 0.2) is 54.7 Å². The van der Waals surface area contributed by atoms with Crippen molar-refractivity contribution in [2.24, 2.45) is 7.05 Å². The number of anilines is 2. The first kappa shape index (κ1) is 38.0. The highest BCUT2D eigenvalue weighted by Crippen LogP contribution is 2.31. The Morgan fingerprint density at radius 1 is 1.02 bits per heavy atom. The molecule has 13 nitrogen and oxygen atoms in total. The maximum Gasteiger partial charge on any atom is 0.417 e. The zero-order chi connectivity index (χ0) is 38.7. The van der Waals surface area contributed by atoms with Crippen molar-refractivity contribution < 1.29 is 23.9 Å². The van der Waals surface area contributed by atoms with E-state index in [4.69, 9.17) is 22.1 Å². The number of carbonyl (C=O) groups is 4. The van der Waals surface area contributed by atoms with E-state index in [9.17, 15) is 19.2 Å². The van der Waals surface area contributed by atoms with Crippen LogP contribution < -0.4 is 11.1 Å². The largest absolute Gasteiger partial charge is 0.443 e. The molecule has 2 aromatic carbocycles. The number of nitrogens with one attached hydrogen (secondary N) is 1. The first-order chi connectivity index (χ1) is 25.7. The summed E-state index contributed by atoms with van der Waals surface area (Å²) in [7, 11) is 1.83. The number of hydrogen-bond acceptors (Lipinski definition) is 9. The van der Waals surface area contributed by atoms with Crippen molar-refractivity contribution in [1.82, 2.24) is 29.2 Å². The van der Waals surface area contributed by atoms with Gasteiger partial charge in [-0.3, -0.25) is 14.4 Å². The molecule has 2 aliphatic heterocycles. The van der Waals surface area contributed by atoms with Gasteiger partial charge in [0, 0.05) is 69.3 Å². The van der Waals surface area contributed by atoms with Crippen LogP contribution in [0, 0.1) is 11.8 Å². The Balaban J connectivity index is 1.17. The Morgan fingerprint density at radius 2 is 1.78 bits per heavy atom. The van der Waals surface area contributed by atoms with Crippen molar-refractivity contribution in [2.45, 2.75) is 46.1 Å². The number of nitrogen functional groups attached to an aromatic ring is 1. The van der Waals surface area contributed by atoms with Gasteiger partial charge in [-0.1, -0.05) is 42.5 Å².